The lowest BCUT2D eigenvalue weighted by Gasteiger charge is -2.37. The minimum atomic E-state index is -1.34. The van der Waals surface area contributed by atoms with Gasteiger partial charge in [0, 0.05) is 49.2 Å². The Kier molecular flexibility index (Phi) is 9.19. The molecule has 12 nitrogen and oxygen atoms in total. The molecule has 5 aromatic rings. The molecule has 256 valence electrons. The summed E-state index contributed by atoms with van der Waals surface area (Å²) in [5, 5.41) is 8.50. The van der Waals surface area contributed by atoms with Crippen LogP contribution in [0.5, 0.6) is 5.75 Å². The van der Waals surface area contributed by atoms with E-state index in [0.29, 0.717) is 5.56 Å². The molecule has 0 bridgehead atoms. The molecule has 13 heteroatoms. The average Bonchev–Trinajstić information content (AvgIpc) is 3.88. The van der Waals surface area contributed by atoms with E-state index >= 15 is 4.39 Å². The fourth-order valence-corrected chi connectivity index (χ4v) is 6.37. The van der Waals surface area contributed by atoms with E-state index in [1.54, 1.807) is 28.0 Å². The minimum absolute atomic E-state index is 0.109. The van der Waals surface area contributed by atoms with Gasteiger partial charge in [-0.05, 0) is 80.4 Å². The van der Waals surface area contributed by atoms with Crippen molar-refractivity contribution in [1.29, 1.82) is 0 Å². The summed E-state index contributed by atoms with van der Waals surface area (Å²) >= 11 is 0. The van der Waals surface area contributed by atoms with Crippen LogP contribution in [0.4, 0.5) is 15.8 Å². The molecule has 0 aliphatic carbocycles. The highest BCUT2D eigenvalue weighted by molar-refractivity contribution is 5.54. The molecule has 2 unspecified atom stereocenters. The van der Waals surface area contributed by atoms with Crippen LogP contribution in [0, 0.1) is 12.7 Å². The molecule has 3 atom stereocenters. The highest BCUT2D eigenvalue weighted by Crippen LogP contribution is 2.38. The summed E-state index contributed by atoms with van der Waals surface area (Å²) in [4.78, 5) is 21.5. The molecule has 7 rings (SSSR count). The maximum Gasteiger partial charge on any atom is 0.350 e. The molecule has 0 radical (unpaired) electrons. The highest BCUT2D eigenvalue weighted by Gasteiger charge is 2.46. The number of nitrogens with zero attached hydrogens (tertiary/aromatic N) is 8. The number of hydrogen-bond donors (Lipinski definition) is 0. The van der Waals surface area contributed by atoms with Crippen molar-refractivity contribution in [3.8, 4) is 11.4 Å². The predicted octanol–water partition coefficient (Wildman–Crippen LogP) is 4.72. The zero-order chi connectivity index (χ0) is 34.0. The number of benzene rings is 3. The van der Waals surface area contributed by atoms with Gasteiger partial charge in [0.2, 0.25) is 5.79 Å². The Morgan fingerprint density at radius 1 is 0.939 bits per heavy atom. The third kappa shape index (κ3) is 6.81. The van der Waals surface area contributed by atoms with Gasteiger partial charge in [-0.2, -0.15) is 14.9 Å². The largest absolute Gasteiger partial charge is 0.491 e. The molecule has 0 spiro atoms. The van der Waals surface area contributed by atoms with Crippen molar-refractivity contribution in [3.05, 3.63) is 113 Å². The fraction of sp³-hybridized carbons (Fsp3) is 0.389. The first kappa shape index (κ1) is 32.5. The van der Waals surface area contributed by atoms with E-state index in [9.17, 15) is 4.79 Å². The van der Waals surface area contributed by atoms with Crippen LogP contribution in [0.15, 0.2) is 90.5 Å². The molecule has 49 heavy (non-hydrogen) atoms. The second-order valence-electron chi connectivity index (χ2n) is 12.7. The topological polar surface area (TPSA) is 105 Å². The summed E-state index contributed by atoms with van der Waals surface area (Å²) in [5.74, 6) is -1.02. The maximum absolute atomic E-state index is 15.1. The first-order chi connectivity index (χ1) is 23.8. The monoisotopic (exact) mass is 668 g/mol. The lowest BCUT2D eigenvalue weighted by molar-refractivity contribution is -0.192. The fourth-order valence-electron chi connectivity index (χ4n) is 6.37. The first-order valence-electron chi connectivity index (χ1n) is 16.7. The molecule has 0 saturated carbocycles. The van der Waals surface area contributed by atoms with Crippen molar-refractivity contribution in [2.24, 2.45) is 0 Å². The zero-order valence-corrected chi connectivity index (χ0v) is 28.0. The van der Waals surface area contributed by atoms with Crippen molar-refractivity contribution >= 4 is 11.4 Å². The van der Waals surface area contributed by atoms with E-state index in [1.165, 1.54) is 17.1 Å². The summed E-state index contributed by atoms with van der Waals surface area (Å²) in [7, 11) is 0. The van der Waals surface area contributed by atoms with Crippen LogP contribution in [-0.2, 0) is 21.8 Å². The molecule has 2 aliphatic rings. The van der Waals surface area contributed by atoms with E-state index in [0.717, 1.165) is 61.0 Å². The standard InChI is InChI=1S/C36H41FN8O4/c1-4-27(3)44-25-40-45(35(44)46)30-8-6-28(7-9-30)41-15-17-42(18-16-41)29-10-12-31(13-11-29)47-20-32-21-48-36(49-32,22-43-24-38-23-39-43)33-14-5-26(2)19-34(33)37/h5-14,19,23-25,27,32H,4,15-18,20-22H2,1-3H3/t27-,32?,36?/m0/s1. The number of aryl methyl sites for hydroxylation is 1. The van der Waals surface area contributed by atoms with Gasteiger partial charge < -0.3 is 24.0 Å². The zero-order valence-electron chi connectivity index (χ0n) is 28.0. The number of hydrogen-bond acceptors (Lipinski definition) is 9. The van der Waals surface area contributed by atoms with Gasteiger partial charge in [0.15, 0.2) is 0 Å². The average molecular weight is 669 g/mol. The van der Waals surface area contributed by atoms with Gasteiger partial charge in [-0.1, -0.05) is 19.1 Å². The normalized spacial score (nSPS) is 20.1. The summed E-state index contributed by atoms with van der Waals surface area (Å²) in [5.41, 5.74) is 4.02. The van der Waals surface area contributed by atoms with E-state index < -0.39 is 17.7 Å². The van der Waals surface area contributed by atoms with Crippen molar-refractivity contribution in [1.82, 2.24) is 29.1 Å². The van der Waals surface area contributed by atoms with Crippen LogP contribution < -0.4 is 20.2 Å². The maximum atomic E-state index is 15.1. The van der Waals surface area contributed by atoms with Crippen molar-refractivity contribution in [2.45, 2.75) is 51.7 Å². The van der Waals surface area contributed by atoms with Crippen LogP contribution in [-0.4, -0.2) is 74.6 Å². The molecule has 4 heterocycles. The summed E-state index contributed by atoms with van der Waals surface area (Å²) in [6, 6.07) is 21.2. The second-order valence-corrected chi connectivity index (χ2v) is 12.7. The summed E-state index contributed by atoms with van der Waals surface area (Å²) < 4.78 is 38.4. The van der Waals surface area contributed by atoms with Gasteiger partial charge in [0.1, 0.15) is 49.8 Å². The predicted molar refractivity (Wildman–Crippen MR) is 183 cm³/mol. The molecule has 0 amide bonds. The van der Waals surface area contributed by atoms with E-state index in [4.69, 9.17) is 14.2 Å². The smallest absolute Gasteiger partial charge is 0.350 e. The first-order valence-corrected chi connectivity index (χ1v) is 16.7. The Morgan fingerprint density at radius 2 is 1.61 bits per heavy atom. The van der Waals surface area contributed by atoms with Gasteiger partial charge in [-0.3, -0.25) is 4.57 Å². The molecule has 3 aromatic carbocycles. The summed E-state index contributed by atoms with van der Waals surface area (Å²) in [6.45, 7) is 10.1. The Labute approximate surface area is 284 Å². The number of anilines is 2. The number of ether oxygens (including phenoxy) is 3. The third-order valence-corrected chi connectivity index (χ3v) is 9.37. The number of rotatable bonds is 11. The molecule has 2 aliphatic heterocycles. The number of aromatic nitrogens is 6. The number of piperazine rings is 1. The Morgan fingerprint density at radius 3 is 2.24 bits per heavy atom. The SMILES string of the molecule is CC[C@H](C)n1cnn(-c2ccc(N3CCN(c4ccc(OCC5COC(Cn6cncn6)(c6ccc(C)cc6F)O5)cc4)CC3)cc2)c1=O. The molecular formula is C36H41FN8O4. The van der Waals surface area contributed by atoms with Crippen LogP contribution in [0.25, 0.3) is 5.69 Å². The molecule has 2 saturated heterocycles. The van der Waals surface area contributed by atoms with Crippen LogP contribution in [0.2, 0.25) is 0 Å². The van der Waals surface area contributed by atoms with Gasteiger partial charge in [-0.15, -0.1) is 0 Å². The van der Waals surface area contributed by atoms with E-state index in [2.05, 4.69) is 56.2 Å². The van der Waals surface area contributed by atoms with Gasteiger partial charge in [0.25, 0.3) is 0 Å². The quantitative estimate of drug-likeness (QED) is 0.198. The lowest BCUT2D eigenvalue weighted by atomic mass is 10.0. The van der Waals surface area contributed by atoms with Crippen molar-refractivity contribution < 1.29 is 18.6 Å². The minimum Gasteiger partial charge on any atom is -0.491 e. The Bertz CT molecular complexity index is 1900. The number of halogens is 1. The Hall–Kier alpha value is -5.01. The molecule has 2 fully saturated rings. The van der Waals surface area contributed by atoms with Crippen LogP contribution in [0.1, 0.15) is 37.4 Å². The van der Waals surface area contributed by atoms with Crippen LogP contribution in [0.3, 0.4) is 0 Å². The second kappa shape index (κ2) is 13.8. The lowest BCUT2D eigenvalue weighted by Crippen LogP contribution is -2.46. The third-order valence-electron chi connectivity index (χ3n) is 9.37. The summed E-state index contributed by atoms with van der Waals surface area (Å²) in [6.07, 6.45) is 5.05. The Balaban J connectivity index is 0.925. The highest BCUT2D eigenvalue weighted by atomic mass is 19.1. The van der Waals surface area contributed by atoms with E-state index in [1.807, 2.05) is 44.2 Å². The van der Waals surface area contributed by atoms with Crippen LogP contribution >= 0.6 is 0 Å². The van der Waals surface area contributed by atoms with Crippen molar-refractivity contribution in [3.63, 3.8) is 0 Å². The van der Waals surface area contributed by atoms with Gasteiger partial charge >= 0.3 is 5.69 Å². The van der Waals surface area contributed by atoms with Gasteiger partial charge in [0.05, 0.1) is 12.3 Å². The molecular weight excluding hydrogens is 627 g/mol. The van der Waals surface area contributed by atoms with E-state index in [-0.39, 0.29) is 31.5 Å². The van der Waals surface area contributed by atoms with Gasteiger partial charge in [-0.25, -0.2) is 18.9 Å². The molecule has 2 aromatic heterocycles. The molecule has 0 N–H and O–H groups in total. The van der Waals surface area contributed by atoms with Crippen molar-refractivity contribution in [2.75, 3.05) is 49.2 Å².